The van der Waals surface area contributed by atoms with Gasteiger partial charge in [-0.05, 0) is 56.0 Å². The van der Waals surface area contributed by atoms with E-state index in [1.54, 1.807) is 24.3 Å². The molecule has 0 amide bonds. The van der Waals surface area contributed by atoms with Gasteiger partial charge in [0.2, 0.25) is 0 Å². The van der Waals surface area contributed by atoms with E-state index in [4.69, 9.17) is 0 Å². The summed E-state index contributed by atoms with van der Waals surface area (Å²) in [4.78, 5) is 2.59. The molecule has 0 fully saturated rings. The third-order valence-electron chi connectivity index (χ3n) is 4.17. The van der Waals surface area contributed by atoms with Gasteiger partial charge in [0.15, 0.2) is 0 Å². The summed E-state index contributed by atoms with van der Waals surface area (Å²) in [6, 6.07) is 14.9. The minimum Gasteiger partial charge on any atom is -0.200 e. The zero-order chi connectivity index (χ0) is 18.6. The van der Waals surface area contributed by atoms with Crippen molar-refractivity contribution >= 4 is 21.8 Å². The summed E-state index contributed by atoms with van der Waals surface area (Å²) < 4.78 is 24.9. The minimum absolute atomic E-state index is 0.211. The number of benzene rings is 2. The topological polar surface area (TPSA) is 58.5 Å². The molecule has 0 unspecified atom stereocenters. The zero-order valence-electron chi connectivity index (χ0n) is 14.9. The highest BCUT2D eigenvalue weighted by Crippen LogP contribution is 2.19. The summed E-state index contributed by atoms with van der Waals surface area (Å²) in [6.07, 6.45) is 7.64. The molecule has 0 spiro atoms. The first-order valence-electron chi connectivity index (χ1n) is 8.54. The molecule has 2 aromatic rings. The Kier molecular flexibility index (Phi) is 5.38. The van der Waals surface area contributed by atoms with Crippen molar-refractivity contribution < 1.29 is 8.42 Å². The van der Waals surface area contributed by atoms with Gasteiger partial charge in [0, 0.05) is 0 Å². The maximum absolute atomic E-state index is 12.4. The molecule has 0 heterocycles. The molecule has 0 aromatic heterocycles. The number of hydrazone groups is 1. The molecule has 0 saturated heterocycles. The van der Waals surface area contributed by atoms with Gasteiger partial charge < -0.3 is 0 Å². The Morgan fingerprint density at radius 3 is 2.54 bits per heavy atom. The van der Waals surface area contributed by atoms with Crippen LogP contribution in [0.3, 0.4) is 0 Å². The lowest BCUT2D eigenvalue weighted by Crippen LogP contribution is -2.21. The average Bonchev–Trinajstić information content (AvgIpc) is 2.61. The predicted molar refractivity (Wildman–Crippen MR) is 106 cm³/mol. The lowest BCUT2D eigenvalue weighted by Gasteiger charge is -2.13. The van der Waals surface area contributed by atoms with E-state index in [0.717, 1.165) is 28.8 Å². The van der Waals surface area contributed by atoms with Gasteiger partial charge in [-0.2, -0.15) is 18.4 Å². The van der Waals surface area contributed by atoms with E-state index >= 15 is 0 Å². The molecule has 2 aromatic carbocycles. The zero-order valence-corrected chi connectivity index (χ0v) is 15.8. The highest BCUT2D eigenvalue weighted by atomic mass is 32.2. The van der Waals surface area contributed by atoms with Gasteiger partial charge in [0.05, 0.1) is 10.6 Å². The second-order valence-corrected chi connectivity index (χ2v) is 8.08. The molecule has 0 aliphatic heterocycles. The largest absolute Gasteiger partial charge is 0.276 e. The molecule has 0 saturated carbocycles. The normalized spacial score (nSPS) is 17.6. The molecular formula is C21H22N2O2S. The van der Waals surface area contributed by atoms with Gasteiger partial charge in [0.1, 0.15) is 0 Å². The predicted octanol–water partition coefficient (Wildman–Crippen LogP) is 4.37. The van der Waals surface area contributed by atoms with Gasteiger partial charge >= 0.3 is 0 Å². The van der Waals surface area contributed by atoms with Crippen LogP contribution in [-0.2, 0) is 10.0 Å². The summed E-state index contributed by atoms with van der Waals surface area (Å²) in [5.74, 6) is 0. The molecule has 26 heavy (non-hydrogen) atoms. The summed E-state index contributed by atoms with van der Waals surface area (Å²) in [7, 11) is -3.67. The van der Waals surface area contributed by atoms with Crippen molar-refractivity contribution in [2.75, 3.05) is 0 Å². The van der Waals surface area contributed by atoms with E-state index in [-0.39, 0.29) is 4.90 Å². The molecule has 0 radical (unpaired) electrons. The van der Waals surface area contributed by atoms with Crippen LogP contribution in [0.2, 0.25) is 0 Å². The number of allylic oxidation sites excluding steroid dienone is 3. The average molecular weight is 366 g/mol. The number of nitrogens with one attached hydrogen (secondary N) is 1. The lowest BCUT2D eigenvalue weighted by atomic mass is 9.97. The number of hydrogen-bond acceptors (Lipinski definition) is 3. The first kappa shape index (κ1) is 18.1. The third kappa shape index (κ3) is 4.49. The Labute approximate surface area is 155 Å². The third-order valence-corrected chi connectivity index (χ3v) is 5.40. The van der Waals surface area contributed by atoms with E-state index < -0.39 is 10.0 Å². The molecule has 0 atom stereocenters. The van der Waals surface area contributed by atoms with E-state index in [1.165, 1.54) is 5.56 Å². The van der Waals surface area contributed by atoms with Crippen LogP contribution in [0.25, 0.3) is 6.08 Å². The Morgan fingerprint density at radius 1 is 1.04 bits per heavy atom. The van der Waals surface area contributed by atoms with Gasteiger partial charge in [-0.25, -0.2) is 0 Å². The Bertz CT molecular complexity index is 985. The molecular weight excluding hydrogens is 344 g/mol. The monoisotopic (exact) mass is 366 g/mol. The van der Waals surface area contributed by atoms with E-state index in [1.807, 2.05) is 44.2 Å². The van der Waals surface area contributed by atoms with Crippen LogP contribution in [0.4, 0.5) is 0 Å². The quantitative estimate of drug-likeness (QED) is 0.817. The van der Waals surface area contributed by atoms with E-state index in [0.29, 0.717) is 6.42 Å². The van der Waals surface area contributed by atoms with E-state index in [2.05, 4.69) is 22.1 Å². The van der Waals surface area contributed by atoms with E-state index in [9.17, 15) is 8.42 Å². The smallest absolute Gasteiger partial charge is 0.200 e. The van der Waals surface area contributed by atoms with Crippen LogP contribution in [-0.4, -0.2) is 14.1 Å². The fraction of sp³-hybridized carbons (Fsp3) is 0.190. The molecule has 1 aliphatic rings. The van der Waals surface area contributed by atoms with Crippen molar-refractivity contribution in [1.82, 2.24) is 4.83 Å². The number of aryl methyl sites for hydroxylation is 2. The van der Waals surface area contributed by atoms with Crippen LogP contribution >= 0.6 is 0 Å². The molecule has 134 valence electrons. The lowest BCUT2D eigenvalue weighted by molar-refractivity contribution is 0.584. The Hall–Kier alpha value is -2.66. The van der Waals surface area contributed by atoms with Crippen molar-refractivity contribution in [3.63, 3.8) is 0 Å². The maximum Gasteiger partial charge on any atom is 0.276 e. The van der Waals surface area contributed by atoms with Crippen LogP contribution < -0.4 is 4.83 Å². The maximum atomic E-state index is 12.4. The van der Waals surface area contributed by atoms with Crippen molar-refractivity contribution in [3.05, 3.63) is 82.9 Å². The molecule has 0 bridgehead atoms. The Morgan fingerprint density at radius 2 is 1.81 bits per heavy atom. The van der Waals surface area contributed by atoms with Crippen molar-refractivity contribution in [3.8, 4) is 0 Å². The van der Waals surface area contributed by atoms with Crippen molar-refractivity contribution in [1.29, 1.82) is 0 Å². The van der Waals surface area contributed by atoms with Crippen molar-refractivity contribution in [2.45, 2.75) is 31.6 Å². The summed E-state index contributed by atoms with van der Waals surface area (Å²) in [6.45, 7) is 3.96. The molecule has 4 nitrogen and oxygen atoms in total. The molecule has 5 heteroatoms. The van der Waals surface area contributed by atoms with Gasteiger partial charge in [0.25, 0.3) is 10.0 Å². The number of sulfonamides is 1. The Balaban J connectivity index is 1.86. The van der Waals surface area contributed by atoms with Crippen LogP contribution in [0.5, 0.6) is 0 Å². The SMILES string of the molecule is Cc1ccc(S(=O)(=O)N/N=C2\CCC=C\C2=C/c2cccc(C)c2)cc1. The fourth-order valence-electron chi connectivity index (χ4n) is 2.75. The second-order valence-electron chi connectivity index (χ2n) is 6.42. The van der Waals surface area contributed by atoms with Gasteiger partial charge in [-0.1, -0.05) is 59.7 Å². The summed E-state index contributed by atoms with van der Waals surface area (Å²) in [5.41, 5.74) is 4.92. The van der Waals surface area contributed by atoms with Crippen LogP contribution in [0.1, 0.15) is 29.5 Å². The number of hydrogen-bond donors (Lipinski definition) is 1. The molecule has 3 rings (SSSR count). The second kappa shape index (κ2) is 7.70. The van der Waals surface area contributed by atoms with Crippen molar-refractivity contribution in [2.24, 2.45) is 5.10 Å². The molecule has 1 aliphatic carbocycles. The number of nitrogens with zero attached hydrogens (tertiary/aromatic N) is 1. The fourth-order valence-corrected chi connectivity index (χ4v) is 3.58. The standard InChI is InChI=1S/C21H22N2O2S/c1-16-10-12-20(13-11-16)26(24,25)23-22-21-9-4-3-8-19(21)15-18-7-5-6-17(2)14-18/h3,5-8,10-15,23H,4,9H2,1-2H3/b19-15+,22-21+. The summed E-state index contributed by atoms with van der Waals surface area (Å²) >= 11 is 0. The minimum atomic E-state index is -3.67. The molecule has 1 N–H and O–H groups in total. The van der Waals surface area contributed by atoms with Gasteiger partial charge in [-0.3, -0.25) is 0 Å². The van der Waals surface area contributed by atoms with Crippen LogP contribution in [0.15, 0.2) is 76.3 Å². The first-order chi connectivity index (χ1) is 12.4. The highest BCUT2D eigenvalue weighted by Gasteiger charge is 2.15. The highest BCUT2D eigenvalue weighted by molar-refractivity contribution is 7.89. The van der Waals surface area contributed by atoms with Crippen LogP contribution in [0, 0.1) is 13.8 Å². The first-order valence-corrected chi connectivity index (χ1v) is 10.0. The summed E-state index contributed by atoms with van der Waals surface area (Å²) in [5, 5.41) is 4.21. The number of rotatable bonds is 4. The van der Waals surface area contributed by atoms with Gasteiger partial charge in [-0.15, -0.1) is 0 Å².